The van der Waals surface area contributed by atoms with Gasteiger partial charge in [0.05, 0.1) is 4.92 Å². The zero-order valence-corrected chi connectivity index (χ0v) is 11.0. The van der Waals surface area contributed by atoms with E-state index in [1.165, 1.54) is 12.1 Å². The lowest BCUT2D eigenvalue weighted by Crippen LogP contribution is -2.51. The van der Waals surface area contributed by atoms with Gasteiger partial charge in [-0.15, -0.1) is 0 Å². The van der Waals surface area contributed by atoms with E-state index >= 15 is 0 Å². The Morgan fingerprint density at radius 1 is 1.50 bits per heavy atom. The van der Waals surface area contributed by atoms with Crippen molar-refractivity contribution in [1.29, 1.82) is 0 Å². The number of halogens is 1. The lowest BCUT2D eigenvalue weighted by molar-refractivity contribution is -0.385. The number of carbonyl (C=O) groups excluding carboxylic acids is 1. The summed E-state index contributed by atoms with van der Waals surface area (Å²) in [5, 5.41) is 19.6. The largest absolute Gasteiger partial charge is 0.396 e. The summed E-state index contributed by atoms with van der Waals surface area (Å²) < 4.78 is 0.499. The smallest absolute Gasteiger partial charge is 0.271 e. The first kappa shape index (κ1) is 13.0. The van der Waals surface area contributed by atoms with E-state index in [9.17, 15) is 14.9 Å². The molecule has 18 heavy (non-hydrogen) atoms. The van der Waals surface area contributed by atoms with Crippen molar-refractivity contribution in [3.8, 4) is 0 Å². The minimum absolute atomic E-state index is 0.0579. The van der Waals surface area contributed by atoms with E-state index in [2.05, 4.69) is 15.9 Å². The lowest BCUT2D eigenvalue weighted by Gasteiger charge is -2.38. The van der Waals surface area contributed by atoms with Crippen molar-refractivity contribution >= 4 is 27.5 Å². The summed E-state index contributed by atoms with van der Waals surface area (Å²) in [6.45, 7) is 1.05. The number of carbonyl (C=O) groups is 1. The molecule has 1 aliphatic heterocycles. The predicted molar refractivity (Wildman–Crippen MR) is 67.3 cm³/mol. The Kier molecular flexibility index (Phi) is 3.63. The monoisotopic (exact) mass is 314 g/mol. The van der Waals surface area contributed by atoms with Gasteiger partial charge in [-0.1, -0.05) is 15.9 Å². The number of nitro groups is 1. The van der Waals surface area contributed by atoms with E-state index in [0.29, 0.717) is 17.6 Å². The number of benzene rings is 1. The number of likely N-dealkylation sites (tertiary alicyclic amines) is 1. The maximum absolute atomic E-state index is 12.0. The third-order valence-corrected chi connectivity index (χ3v) is 3.30. The zero-order valence-electron chi connectivity index (χ0n) is 9.38. The molecule has 0 spiro atoms. The van der Waals surface area contributed by atoms with Crippen molar-refractivity contribution in [1.82, 2.24) is 4.90 Å². The molecule has 0 radical (unpaired) electrons. The van der Waals surface area contributed by atoms with Crippen LogP contribution < -0.4 is 0 Å². The molecule has 1 N–H and O–H groups in total. The molecule has 6 nitrogen and oxygen atoms in total. The molecule has 0 unspecified atom stereocenters. The molecule has 1 aliphatic rings. The summed E-state index contributed by atoms with van der Waals surface area (Å²) in [7, 11) is 0. The fourth-order valence-electron chi connectivity index (χ4n) is 1.84. The fourth-order valence-corrected chi connectivity index (χ4v) is 2.32. The van der Waals surface area contributed by atoms with Crippen LogP contribution in [-0.4, -0.2) is 40.5 Å². The second kappa shape index (κ2) is 5.03. The Hall–Kier alpha value is -1.47. The molecule has 0 saturated carbocycles. The summed E-state index contributed by atoms with van der Waals surface area (Å²) in [5.74, 6) is -0.125. The molecule has 0 aliphatic carbocycles. The number of nitrogens with zero attached hydrogens (tertiary/aromatic N) is 2. The second-order valence-electron chi connectivity index (χ2n) is 4.21. The minimum Gasteiger partial charge on any atom is -0.396 e. The number of rotatable bonds is 3. The Labute approximate surface area is 111 Å². The SMILES string of the molecule is O=C(c1cc(Br)cc([N+](=O)[O-])c1)N1CC(CO)C1. The van der Waals surface area contributed by atoms with Gasteiger partial charge in [-0.2, -0.15) is 0 Å². The summed E-state index contributed by atoms with van der Waals surface area (Å²) in [6.07, 6.45) is 0. The van der Waals surface area contributed by atoms with Crippen molar-refractivity contribution in [3.05, 3.63) is 38.3 Å². The van der Waals surface area contributed by atoms with Crippen molar-refractivity contribution in [2.24, 2.45) is 5.92 Å². The average molecular weight is 315 g/mol. The third-order valence-electron chi connectivity index (χ3n) is 2.84. The highest BCUT2D eigenvalue weighted by Crippen LogP contribution is 2.24. The molecule has 0 aromatic heterocycles. The van der Waals surface area contributed by atoms with Crippen LogP contribution in [0, 0.1) is 16.0 Å². The van der Waals surface area contributed by atoms with Gasteiger partial charge in [0.25, 0.3) is 11.6 Å². The topological polar surface area (TPSA) is 83.7 Å². The Bertz CT molecular complexity index is 500. The molecule has 1 amide bonds. The van der Waals surface area contributed by atoms with Gasteiger partial charge in [0.1, 0.15) is 0 Å². The van der Waals surface area contributed by atoms with Crippen LogP contribution in [0.1, 0.15) is 10.4 Å². The maximum atomic E-state index is 12.0. The van der Waals surface area contributed by atoms with Gasteiger partial charge in [-0.05, 0) is 6.07 Å². The van der Waals surface area contributed by atoms with Crippen LogP contribution in [0.25, 0.3) is 0 Å². The van der Waals surface area contributed by atoms with E-state index in [1.807, 2.05) is 0 Å². The van der Waals surface area contributed by atoms with Crippen molar-refractivity contribution < 1.29 is 14.8 Å². The lowest BCUT2D eigenvalue weighted by atomic mass is 10.00. The van der Waals surface area contributed by atoms with Gasteiger partial charge < -0.3 is 10.0 Å². The summed E-state index contributed by atoms with van der Waals surface area (Å²) in [6, 6.07) is 4.17. The van der Waals surface area contributed by atoms with Gasteiger partial charge in [-0.3, -0.25) is 14.9 Å². The van der Waals surface area contributed by atoms with Crippen LogP contribution in [0.2, 0.25) is 0 Å². The van der Waals surface area contributed by atoms with Crippen LogP contribution in [0.15, 0.2) is 22.7 Å². The van der Waals surface area contributed by atoms with E-state index in [1.54, 1.807) is 11.0 Å². The second-order valence-corrected chi connectivity index (χ2v) is 5.13. The van der Waals surface area contributed by atoms with E-state index in [0.717, 1.165) is 0 Å². The van der Waals surface area contributed by atoms with Gasteiger partial charge in [0.15, 0.2) is 0 Å². The molecule has 0 bridgehead atoms. The number of amides is 1. The highest BCUT2D eigenvalue weighted by Gasteiger charge is 2.31. The molecular formula is C11H11BrN2O4. The number of aliphatic hydroxyl groups is 1. The number of aliphatic hydroxyl groups excluding tert-OH is 1. The molecule has 1 saturated heterocycles. The predicted octanol–water partition coefficient (Wildman–Crippen LogP) is 1.42. The van der Waals surface area contributed by atoms with E-state index < -0.39 is 4.92 Å². The normalized spacial score (nSPS) is 15.3. The zero-order chi connectivity index (χ0) is 13.3. The number of non-ortho nitro benzene ring substituents is 1. The molecule has 96 valence electrons. The van der Waals surface area contributed by atoms with Crippen molar-refractivity contribution in [3.63, 3.8) is 0 Å². The summed E-state index contributed by atoms with van der Waals surface area (Å²) in [4.78, 5) is 23.8. The van der Waals surface area contributed by atoms with Gasteiger partial charge in [0.2, 0.25) is 0 Å². The van der Waals surface area contributed by atoms with Crippen LogP contribution in [0.5, 0.6) is 0 Å². The van der Waals surface area contributed by atoms with E-state index in [-0.39, 0.29) is 29.7 Å². The van der Waals surface area contributed by atoms with Crippen LogP contribution in [0.4, 0.5) is 5.69 Å². The fraction of sp³-hybridized carbons (Fsp3) is 0.364. The molecule has 0 atom stereocenters. The molecular weight excluding hydrogens is 304 g/mol. The first-order chi connectivity index (χ1) is 8.51. The molecule has 1 heterocycles. The van der Waals surface area contributed by atoms with Gasteiger partial charge in [0, 0.05) is 47.8 Å². The standard InChI is InChI=1S/C11H11BrN2O4/c12-9-1-8(2-10(3-9)14(17)18)11(16)13-4-7(5-13)6-15/h1-3,7,15H,4-6H2. The average Bonchev–Trinajstić information content (AvgIpc) is 2.26. The molecule has 2 rings (SSSR count). The third kappa shape index (κ3) is 2.51. The molecule has 7 heteroatoms. The minimum atomic E-state index is -0.534. The van der Waals surface area contributed by atoms with Crippen LogP contribution in [0.3, 0.4) is 0 Å². The first-order valence-corrected chi connectivity index (χ1v) is 6.15. The quantitative estimate of drug-likeness (QED) is 0.675. The molecule has 1 fully saturated rings. The maximum Gasteiger partial charge on any atom is 0.271 e. The molecule has 1 aromatic carbocycles. The van der Waals surface area contributed by atoms with Crippen LogP contribution in [-0.2, 0) is 0 Å². The first-order valence-electron chi connectivity index (χ1n) is 5.36. The number of hydrogen-bond donors (Lipinski definition) is 1. The Morgan fingerprint density at radius 3 is 2.72 bits per heavy atom. The summed E-state index contributed by atoms with van der Waals surface area (Å²) in [5.41, 5.74) is 0.166. The Balaban J connectivity index is 2.18. The summed E-state index contributed by atoms with van der Waals surface area (Å²) >= 11 is 3.15. The van der Waals surface area contributed by atoms with Crippen molar-refractivity contribution in [2.75, 3.05) is 19.7 Å². The Morgan fingerprint density at radius 2 is 2.17 bits per heavy atom. The van der Waals surface area contributed by atoms with Crippen LogP contribution >= 0.6 is 15.9 Å². The molecule has 1 aromatic rings. The highest BCUT2D eigenvalue weighted by atomic mass is 79.9. The number of nitro benzene ring substituents is 1. The van der Waals surface area contributed by atoms with E-state index in [4.69, 9.17) is 5.11 Å². The highest BCUT2D eigenvalue weighted by molar-refractivity contribution is 9.10. The van der Waals surface area contributed by atoms with Crippen molar-refractivity contribution in [2.45, 2.75) is 0 Å². The number of hydrogen-bond acceptors (Lipinski definition) is 4. The van der Waals surface area contributed by atoms with Gasteiger partial charge >= 0.3 is 0 Å². The van der Waals surface area contributed by atoms with Gasteiger partial charge in [-0.25, -0.2) is 0 Å².